The van der Waals surface area contributed by atoms with Crippen LogP contribution >= 0.6 is 0 Å². The van der Waals surface area contributed by atoms with Crippen molar-refractivity contribution in [2.45, 2.75) is 110 Å². The third-order valence-electron chi connectivity index (χ3n) is 7.82. The molecule has 21 heteroatoms. The predicted octanol–water partition coefficient (Wildman–Crippen LogP) is -11.3. The van der Waals surface area contributed by atoms with Gasteiger partial charge in [0.25, 0.3) is 0 Å². The van der Waals surface area contributed by atoms with Crippen LogP contribution in [0.4, 0.5) is 0 Å². The van der Waals surface area contributed by atoms with Crippen LogP contribution < -0.4 is 10.6 Å². The lowest BCUT2D eigenvalue weighted by Gasteiger charge is -2.48. The first kappa shape index (κ1) is 40.3. The first-order valence-electron chi connectivity index (χ1n) is 14.2. The van der Waals surface area contributed by atoms with Crippen molar-refractivity contribution in [3.63, 3.8) is 0 Å². The molecule has 2 fully saturated rings. The van der Waals surface area contributed by atoms with Crippen molar-refractivity contribution in [3.05, 3.63) is 0 Å². The largest absolute Gasteiger partial charge is 0.394 e. The molecule has 21 nitrogen and oxygen atoms in total. The zero-order valence-corrected chi connectivity index (χ0v) is 24.0. The Bertz CT molecular complexity index is 837. The summed E-state index contributed by atoms with van der Waals surface area (Å²) in [6.45, 7) is -4.82. The molecule has 0 aromatic carbocycles. The van der Waals surface area contributed by atoms with Gasteiger partial charge in [0.2, 0.25) is 0 Å². The topological polar surface area (TPSA) is 375 Å². The second kappa shape index (κ2) is 18.6. The highest BCUT2D eigenvalue weighted by atomic mass is 16.7. The summed E-state index contributed by atoms with van der Waals surface area (Å²) in [7, 11) is 0. The van der Waals surface area contributed by atoms with E-state index in [2.05, 4.69) is 10.6 Å². The molecule has 268 valence electrons. The number of hydrogen-bond donors (Lipinski definition) is 18. The minimum Gasteiger partial charge on any atom is -0.394 e. The van der Waals surface area contributed by atoms with Crippen LogP contribution in [0.1, 0.15) is 0 Å². The SMILES string of the molecule is OCC(O)C(O)C(O)C(O)CNC1C(O)OC(CO)C(OC2OC(CO)C(O)C(O)C2NCC(O)C(O)C(O)C(O)CO)C1O. The molecule has 2 rings (SSSR count). The van der Waals surface area contributed by atoms with E-state index in [4.69, 9.17) is 24.4 Å². The molecule has 0 spiro atoms. The number of aliphatic hydroxyl groups is 16. The maximum atomic E-state index is 11.1. The molecular weight excluding hydrogens is 620 g/mol. The molecular formula is C24H48N2O19. The van der Waals surface area contributed by atoms with Gasteiger partial charge in [-0.25, -0.2) is 0 Å². The van der Waals surface area contributed by atoms with E-state index in [0.29, 0.717) is 0 Å². The Morgan fingerprint density at radius 2 is 0.978 bits per heavy atom. The molecule has 0 saturated carbocycles. The lowest BCUT2D eigenvalue weighted by molar-refractivity contribution is -0.329. The van der Waals surface area contributed by atoms with Gasteiger partial charge in [-0.2, -0.15) is 0 Å². The van der Waals surface area contributed by atoms with Gasteiger partial charge in [0.1, 0.15) is 73.2 Å². The number of nitrogens with one attached hydrogen (secondary N) is 2. The van der Waals surface area contributed by atoms with Crippen LogP contribution in [0.25, 0.3) is 0 Å². The number of hydrogen-bond acceptors (Lipinski definition) is 21. The summed E-state index contributed by atoms with van der Waals surface area (Å²) in [5, 5.41) is 164. The van der Waals surface area contributed by atoms with Gasteiger partial charge in [-0.3, -0.25) is 0 Å². The van der Waals surface area contributed by atoms with E-state index in [0.717, 1.165) is 0 Å². The van der Waals surface area contributed by atoms with Crippen LogP contribution in [0.5, 0.6) is 0 Å². The highest BCUT2D eigenvalue weighted by Crippen LogP contribution is 2.29. The number of rotatable bonds is 18. The third kappa shape index (κ3) is 10.1. The maximum absolute atomic E-state index is 11.1. The van der Waals surface area contributed by atoms with Gasteiger partial charge in [0, 0.05) is 13.1 Å². The van der Waals surface area contributed by atoms with Crippen molar-refractivity contribution in [2.24, 2.45) is 0 Å². The lowest BCUT2D eigenvalue weighted by atomic mass is 9.94. The summed E-state index contributed by atoms with van der Waals surface area (Å²) in [5.74, 6) is 0. The van der Waals surface area contributed by atoms with Crippen molar-refractivity contribution in [1.82, 2.24) is 10.6 Å². The summed E-state index contributed by atoms with van der Waals surface area (Å²) in [4.78, 5) is 0. The van der Waals surface area contributed by atoms with Crippen LogP contribution in [0, 0.1) is 0 Å². The average Bonchev–Trinajstić information content (AvgIpc) is 3.04. The van der Waals surface area contributed by atoms with Gasteiger partial charge in [0.05, 0.1) is 50.7 Å². The first-order chi connectivity index (χ1) is 21.1. The third-order valence-corrected chi connectivity index (χ3v) is 7.82. The molecule has 0 bridgehead atoms. The Labute approximate surface area is 256 Å². The summed E-state index contributed by atoms with van der Waals surface area (Å²) >= 11 is 0. The van der Waals surface area contributed by atoms with Gasteiger partial charge in [-0.15, -0.1) is 0 Å². The van der Waals surface area contributed by atoms with E-state index in [9.17, 15) is 71.5 Å². The Balaban J connectivity index is 2.21. The molecule has 0 amide bonds. The van der Waals surface area contributed by atoms with Gasteiger partial charge in [-0.05, 0) is 0 Å². The second-order valence-corrected chi connectivity index (χ2v) is 11.0. The zero-order valence-electron chi connectivity index (χ0n) is 24.0. The molecule has 45 heavy (non-hydrogen) atoms. The van der Waals surface area contributed by atoms with E-state index in [1.54, 1.807) is 0 Å². The highest BCUT2D eigenvalue weighted by molar-refractivity contribution is 4.99. The predicted molar refractivity (Wildman–Crippen MR) is 142 cm³/mol. The maximum Gasteiger partial charge on any atom is 0.176 e. The molecule has 18 unspecified atom stereocenters. The van der Waals surface area contributed by atoms with E-state index < -0.39 is 150 Å². The smallest absolute Gasteiger partial charge is 0.176 e. The Morgan fingerprint density at radius 3 is 1.42 bits per heavy atom. The molecule has 0 aromatic heterocycles. The van der Waals surface area contributed by atoms with Crippen LogP contribution in [0.2, 0.25) is 0 Å². The fourth-order valence-electron chi connectivity index (χ4n) is 4.92. The van der Waals surface area contributed by atoms with Gasteiger partial charge in [-0.1, -0.05) is 0 Å². The van der Waals surface area contributed by atoms with Gasteiger partial charge < -0.3 is 107 Å². The van der Waals surface area contributed by atoms with Crippen LogP contribution in [0.3, 0.4) is 0 Å². The van der Waals surface area contributed by atoms with Crippen LogP contribution in [-0.2, 0) is 14.2 Å². The Hall–Kier alpha value is -0.840. The lowest BCUT2D eigenvalue weighted by Crippen LogP contribution is -2.69. The van der Waals surface area contributed by atoms with Gasteiger partial charge >= 0.3 is 0 Å². The standard InChI is InChI=1S/C24H48N2O19/c27-3-9(33)17(37)15(35)7(31)1-25-13-21(41)22(12(6-30)43-23(13)42)45-24-14(20(40)19(39)11(5-29)44-24)26-2-8(32)16(36)18(38)10(34)4-28/h7-42H,1-6H2. The normalized spacial score (nSPS) is 38.1. The fraction of sp³-hybridized carbons (Fsp3) is 1.00. The quantitative estimate of drug-likeness (QED) is 0.0644. The van der Waals surface area contributed by atoms with Crippen molar-refractivity contribution >= 4 is 0 Å². The molecule has 18 N–H and O–H groups in total. The minimum atomic E-state index is -2.00. The van der Waals surface area contributed by atoms with E-state index in [1.165, 1.54) is 0 Å². The minimum absolute atomic E-state index is 0.631. The monoisotopic (exact) mass is 668 g/mol. The molecule has 2 saturated heterocycles. The van der Waals surface area contributed by atoms with Gasteiger partial charge in [0.15, 0.2) is 12.6 Å². The van der Waals surface area contributed by atoms with E-state index in [1.807, 2.05) is 0 Å². The molecule has 2 heterocycles. The molecule has 0 radical (unpaired) electrons. The molecule has 18 atom stereocenters. The molecule has 0 aliphatic carbocycles. The summed E-state index contributed by atoms with van der Waals surface area (Å²) < 4.78 is 16.6. The van der Waals surface area contributed by atoms with Crippen molar-refractivity contribution in [1.29, 1.82) is 0 Å². The number of ether oxygens (including phenoxy) is 3. The average molecular weight is 669 g/mol. The molecule has 0 aromatic rings. The first-order valence-corrected chi connectivity index (χ1v) is 14.2. The van der Waals surface area contributed by atoms with Crippen molar-refractivity contribution in [2.75, 3.05) is 39.5 Å². The zero-order chi connectivity index (χ0) is 34.2. The Kier molecular flexibility index (Phi) is 16.7. The number of aliphatic hydroxyl groups excluding tert-OH is 16. The van der Waals surface area contributed by atoms with Crippen LogP contribution in [0.15, 0.2) is 0 Å². The summed E-state index contributed by atoms with van der Waals surface area (Å²) in [6.07, 6.45) is -28.6. The Morgan fingerprint density at radius 1 is 0.533 bits per heavy atom. The van der Waals surface area contributed by atoms with E-state index >= 15 is 0 Å². The highest BCUT2D eigenvalue weighted by Gasteiger charge is 2.51. The van der Waals surface area contributed by atoms with Crippen LogP contribution in [-0.4, -0.2) is 231 Å². The molecule has 2 aliphatic heterocycles. The second-order valence-electron chi connectivity index (χ2n) is 11.0. The molecule has 2 aliphatic rings. The summed E-state index contributed by atoms with van der Waals surface area (Å²) in [6, 6.07) is -3.03. The summed E-state index contributed by atoms with van der Waals surface area (Å²) in [5.41, 5.74) is 0. The van der Waals surface area contributed by atoms with Crippen molar-refractivity contribution in [3.8, 4) is 0 Å². The van der Waals surface area contributed by atoms with Crippen molar-refractivity contribution < 1.29 is 95.9 Å². The fourth-order valence-corrected chi connectivity index (χ4v) is 4.92. The van der Waals surface area contributed by atoms with E-state index in [-0.39, 0.29) is 0 Å².